The van der Waals surface area contributed by atoms with Crippen LogP contribution in [0, 0.1) is 11.3 Å². The first-order chi connectivity index (χ1) is 18.7. The number of hydrogen-bond acceptors (Lipinski definition) is 10. The van der Waals surface area contributed by atoms with Gasteiger partial charge in [0.25, 0.3) is 0 Å². The molecule has 1 aromatic carbocycles. The standard InChI is InChI=1S/C26H32N8O4S/c1-28-13-8-23-22(19-35)25(30-20-4-6-21(7-5-20)39(36,37)32(2)3)31-34(23)26(9-12-27)10-15-33(16-11-26)18-24-29-14-17-38-24/h4-8,13-14,17,19,28H,9-11,15-16,18H2,1-3H3,(H,30,31)/b13-8-. The van der Waals surface area contributed by atoms with Gasteiger partial charge in [-0.1, -0.05) is 0 Å². The summed E-state index contributed by atoms with van der Waals surface area (Å²) in [6.07, 6.45) is 8.88. The molecule has 4 rings (SSSR count). The molecule has 2 aromatic heterocycles. The Hall–Kier alpha value is -3.99. The van der Waals surface area contributed by atoms with Crippen molar-refractivity contribution in [1.29, 1.82) is 5.26 Å². The van der Waals surface area contributed by atoms with E-state index in [1.165, 1.54) is 26.2 Å². The number of sulfonamides is 1. The van der Waals surface area contributed by atoms with E-state index in [9.17, 15) is 18.5 Å². The number of anilines is 2. The fraction of sp³-hybridized carbons (Fsp3) is 0.385. The Bertz CT molecular complexity index is 1450. The highest BCUT2D eigenvalue weighted by molar-refractivity contribution is 7.89. The number of benzene rings is 1. The molecule has 206 valence electrons. The Labute approximate surface area is 228 Å². The van der Waals surface area contributed by atoms with Crippen molar-refractivity contribution in [2.45, 2.75) is 36.2 Å². The van der Waals surface area contributed by atoms with E-state index in [0.717, 1.165) is 10.6 Å². The Balaban J connectivity index is 1.67. The zero-order valence-electron chi connectivity index (χ0n) is 22.2. The van der Waals surface area contributed by atoms with Crippen molar-refractivity contribution in [3.05, 3.63) is 60.1 Å². The van der Waals surface area contributed by atoms with Crippen LogP contribution in [0.5, 0.6) is 0 Å². The highest BCUT2D eigenvalue weighted by Crippen LogP contribution is 2.37. The van der Waals surface area contributed by atoms with Crippen LogP contribution in [0.4, 0.5) is 11.5 Å². The van der Waals surface area contributed by atoms with Crippen LogP contribution in [0.2, 0.25) is 0 Å². The molecule has 3 heterocycles. The molecular weight excluding hydrogens is 520 g/mol. The summed E-state index contributed by atoms with van der Waals surface area (Å²) in [6, 6.07) is 8.57. The molecule has 2 N–H and O–H groups in total. The molecule has 0 atom stereocenters. The third-order valence-corrected chi connectivity index (χ3v) is 8.70. The largest absolute Gasteiger partial charge is 0.448 e. The second kappa shape index (κ2) is 11.8. The second-order valence-corrected chi connectivity index (χ2v) is 11.6. The molecule has 1 fully saturated rings. The van der Waals surface area contributed by atoms with E-state index in [4.69, 9.17) is 9.52 Å². The topological polar surface area (TPSA) is 149 Å². The molecule has 0 unspecified atom stereocenters. The van der Waals surface area contributed by atoms with E-state index in [1.54, 1.807) is 48.6 Å². The van der Waals surface area contributed by atoms with Gasteiger partial charge in [-0.15, -0.1) is 0 Å². The molecule has 0 spiro atoms. The van der Waals surface area contributed by atoms with E-state index in [0.29, 0.717) is 61.1 Å². The Morgan fingerprint density at radius 3 is 2.51 bits per heavy atom. The molecule has 0 bridgehead atoms. The minimum atomic E-state index is -3.57. The summed E-state index contributed by atoms with van der Waals surface area (Å²) in [6.45, 7) is 1.97. The van der Waals surface area contributed by atoms with Crippen LogP contribution < -0.4 is 10.6 Å². The number of nitrogens with one attached hydrogen (secondary N) is 2. The Morgan fingerprint density at radius 2 is 1.95 bits per heavy atom. The lowest BCUT2D eigenvalue weighted by Crippen LogP contribution is -2.46. The fourth-order valence-electron chi connectivity index (χ4n) is 4.65. The zero-order chi connectivity index (χ0) is 28.0. The number of likely N-dealkylation sites (tertiary alicyclic amines) is 1. The third-order valence-electron chi connectivity index (χ3n) is 6.87. The van der Waals surface area contributed by atoms with Crippen LogP contribution in [0.25, 0.3) is 6.08 Å². The maximum Gasteiger partial charge on any atom is 0.242 e. The van der Waals surface area contributed by atoms with Crippen LogP contribution in [0.1, 0.15) is 41.2 Å². The number of oxazole rings is 1. The summed E-state index contributed by atoms with van der Waals surface area (Å²) in [5.41, 5.74) is 0.854. The molecule has 0 amide bonds. The average Bonchev–Trinajstić information content (AvgIpc) is 3.56. The van der Waals surface area contributed by atoms with Crippen LogP contribution >= 0.6 is 0 Å². The summed E-state index contributed by atoms with van der Waals surface area (Å²) in [7, 11) is 1.13. The predicted molar refractivity (Wildman–Crippen MR) is 146 cm³/mol. The highest BCUT2D eigenvalue weighted by atomic mass is 32.2. The number of piperidine rings is 1. The number of carbonyl (C=O) groups excluding carboxylic acids is 1. The number of nitrogens with zero attached hydrogens (tertiary/aromatic N) is 6. The van der Waals surface area contributed by atoms with Crippen molar-refractivity contribution < 1.29 is 17.6 Å². The lowest BCUT2D eigenvalue weighted by Gasteiger charge is -2.41. The highest BCUT2D eigenvalue weighted by Gasteiger charge is 2.40. The summed E-state index contributed by atoms with van der Waals surface area (Å²) in [5, 5.41) is 20.7. The van der Waals surface area contributed by atoms with Gasteiger partial charge in [-0.25, -0.2) is 17.7 Å². The van der Waals surface area contributed by atoms with Gasteiger partial charge in [-0.3, -0.25) is 14.4 Å². The molecule has 13 heteroatoms. The van der Waals surface area contributed by atoms with Crippen LogP contribution in [0.3, 0.4) is 0 Å². The van der Waals surface area contributed by atoms with E-state index in [1.807, 2.05) is 0 Å². The Morgan fingerprint density at radius 1 is 1.23 bits per heavy atom. The predicted octanol–water partition coefficient (Wildman–Crippen LogP) is 2.77. The van der Waals surface area contributed by atoms with Gasteiger partial charge in [0.2, 0.25) is 15.9 Å². The van der Waals surface area contributed by atoms with Crippen molar-refractivity contribution >= 4 is 33.9 Å². The number of carbonyl (C=O) groups is 1. The summed E-state index contributed by atoms with van der Waals surface area (Å²) < 4.78 is 33.2. The maximum atomic E-state index is 12.4. The van der Waals surface area contributed by atoms with Crippen molar-refractivity contribution in [2.75, 3.05) is 39.5 Å². The minimum Gasteiger partial charge on any atom is -0.448 e. The number of aromatic nitrogens is 3. The van der Waals surface area contributed by atoms with Crippen molar-refractivity contribution in [3.63, 3.8) is 0 Å². The number of rotatable bonds is 11. The molecule has 3 aromatic rings. The van der Waals surface area contributed by atoms with Crippen LogP contribution in [-0.4, -0.2) is 72.9 Å². The van der Waals surface area contributed by atoms with Crippen LogP contribution in [0.15, 0.2) is 52.2 Å². The summed E-state index contributed by atoms with van der Waals surface area (Å²) in [4.78, 5) is 18.9. The number of aldehydes is 1. The molecular formula is C26H32N8O4S. The average molecular weight is 553 g/mol. The van der Waals surface area contributed by atoms with Crippen molar-refractivity contribution in [2.24, 2.45) is 0 Å². The molecule has 12 nitrogen and oxygen atoms in total. The lowest BCUT2D eigenvalue weighted by atomic mass is 9.84. The smallest absolute Gasteiger partial charge is 0.242 e. The first kappa shape index (κ1) is 28.0. The molecule has 39 heavy (non-hydrogen) atoms. The molecule has 0 saturated carbocycles. The van der Waals surface area contributed by atoms with E-state index in [-0.39, 0.29) is 11.3 Å². The van der Waals surface area contributed by atoms with Crippen LogP contribution in [-0.2, 0) is 22.1 Å². The summed E-state index contributed by atoms with van der Waals surface area (Å²) >= 11 is 0. The van der Waals surface area contributed by atoms with E-state index >= 15 is 0 Å². The van der Waals surface area contributed by atoms with E-state index in [2.05, 4.69) is 26.6 Å². The van der Waals surface area contributed by atoms with Gasteiger partial charge < -0.3 is 15.1 Å². The lowest BCUT2D eigenvalue weighted by molar-refractivity contribution is 0.0912. The molecule has 0 radical (unpaired) electrons. The second-order valence-electron chi connectivity index (χ2n) is 9.50. The SMILES string of the molecule is CN/C=C\c1c(C=O)c(Nc2ccc(S(=O)(=O)N(C)C)cc2)nn1C1(CC#N)CCN(Cc2ncco2)CC1. The van der Waals surface area contributed by atoms with Crippen molar-refractivity contribution in [1.82, 2.24) is 29.3 Å². The van der Waals surface area contributed by atoms with Gasteiger partial charge in [0.05, 0.1) is 46.9 Å². The quantitative estimate of drug-likeness (QED) is 0.340. The molecule has 1 aliphatic rings. The third kappa shape index (κ3) is 5.88. The molecule has 1 aliphatic heterocycles. The number of hydrogen-bond donors (Lipinski definition) is 2. The maximum absolute atomic E-state index is 12.4. The molecule has 0 aliphatic carbocycles. The monoisotopic (exact) mass is 552 g/mol. The van der Waals surface area contributed by atoms with Gasteiger partial charge in [0.15, 0.2) is 12.1 Å². The zero-order valence-corrected chi connectivity index (χ0v) is 23.0. The Kier molecular flexibility index (Phi) is 8.49. The van der Waals surface area contributed by atoms with E-state index < -0.39 is 15.6 Å². The first-order valence-corrected chi connectivity index (χ1v) is 13.9. The van der Waals surface area contributed by atoms with Gasteiger partial charge in [0.1, 0.15) is 6.26 Å². The van der Waals surface area contributed by atoms with Gasteiger partial charge in [0, 0.05) is 39.9 Å². The minimum absolute atomic E-state index is 0.154. The van der Waals surface area contributed by atoms with Gasteiger partial charge in [-0.05, 0) is 49.4 Å². The fourth-order valence-corrected chi connectivity index (χ4v) is 5.56. The summed E-state index contributed by atoms with van der Waals surface area (Å²) in [5.74, 6) is 0.960. The van der Waals surface area contributed by atoms with Gasteiger partial charge >= 0.3 is 0 Å². The van der Waals surface area contributed by atoms with Gasteiger partial charge in [-0.2, -0.15) is 10.4 Å². The molecule has 1 saturated heterocycles. The number of nitriles is 1. The normalized spacial score (nSPS) is 15.9. The first-order valence-electron chi connectivity index (χ1n) is 12.4. The van der Waals surface area contributed by atoms with Crippen molar-refractivity contribution in [3.8, 4) is 6.07 Å².